The van der Waals surface area contributed by atoms with Crippen molar-refractivity contribution in [1.82, 2.24) is 15.1 Å². The molecule has 0 saturated carbocycles. The molecule has 0 radical (unpaired) electrons. The summed E-state index contributed by atoms with van der Waals surface area (Å²) in [5, 5.41) is 6.94. The van der Waals surface area contributed by atoms with Crippen LogP contribution in [0.4, 0.5) is 0 Å². The van der Waals surface area contributed by atoms with Crippen molar-refractivity contribution in [1.29, 1.82) is 0 Å². The highest BCUT2D eigenvalue weighted by Crippen LogP contribution is 2.17. The van der Waals surface area contributed by atoms with Crippen molar-refractivity contribution < 1.29 is 9.53 Å². The quantitative estimate of drug-likeness (QED) is 0.890. The summed E-state index contributed by atoms with van der Waals surface area (Å²) in [4.78, 5) is 12.0. The molecule has 1 aromatic carbocycles. The monoisotopic (exact) mass is 259 g/mol. The lowest BCUT2D eigenvalue weighted by atomic mass is 10.2. The van der Waals surface area contributed by atoms with Crippen molar-refractivity contribution in [3.8, 4) is 5.75 Å². The van der Waals surface area contributed by atoms with Crippen molar-refractivity contribution >= 4 is 5.91 Å². The van der Waals surface area contributed by atoms with E-state index >= 15 is 0 Å². The van der Waals surface area contributed by atoms with Gasteiger partial charge >= 0.3 is 0 Å². The number of amides is 1. The number of hydrogen-bond acceptors (Lipinski definition) is 3. The van der Waals surface area contributed by atoms with Crippen molar-refractivity contribution in [3.63, 3.8) is 0 Å². The largest absolute Gasteiger partial charge is 0.496 e. The summed E-state index contributed by atoms with van der Waals surface area (Å²) in [6.45, 7) is 2.25. The third-order valence-electron chi connectivity index (χ3n) is 2.95. The molecule has 1 N–H and O–H groups in total. The first-order valence-electron chi connectivity index (χ1n) is 6.11. The fourth-order valence-electron chi connectivity index (χ4n) is 1.81. The zero-order valence-corrected chi connectivity index (χ0v) is 11.0. The molecule has 0 bridgehead atoms. The highest BCUT2D eigenvalue weighted by Gasteiger charge is 2.14. The molecule has 1 unspecified atom stereocenters. The Kier molecular flexibility index (Phi) is 4.18. The van der Waals surface area contributed by atoms with E-state index in [4.69, 9.17) is 4.74 Å². The Morgan fingerprint density at radius 1 is 1.42 bits per heavy atom. The standard InChI is InChI=1S/C14H17N3O2/c1-11(17-9-5-8-16-17)14(18)15-10-12-6-3-4-7-13(12)19-2/h3-9,11H,10H2,1-2H3,(H,15,18). The highest BCUT2D eigenvalue weighted by molar-refractivity contribution is 5.79. The Balaban J connectivity index is 1.97. The fourth-order valence-corrected chi connectivity index (χ4v) is 1.81. The van der Waals surface area contributed by atoms with Gasteiger partial charge in [-0.25, -0.2) is 0 Å². The van der Waals surface area contributed by atoms with E-state index in [0.717, 1.165) is 11.3 Å². The molecule has 0 fully saturated rings. The van der Waals surface area contributed by atoms with Gasteiger partial charge in [-0.2, -0.15) is 5.10 Å². The maximum Gasteiger partial charge on any atom is 0.244 e. The maximum atomic E-state index is 12.0. The summed E-state index contributed by atoms with van der Waals surface area (Å²) in [7, 11) is 1.62. The Labute approximate surface area is 112 Å². The van der Waals surface area contributed by atoms with E-state index in [0.29, 0.717) is 6.54 Å². The lowest BCUT2D eigenvalue weighted by molar-refractivity contribution is -0.124. The van der Waals surface area contributed by atoms with Gasteiger partial charge in [0.05, 0.1) is 7.11 Å². The van der Waals surface area contributed by atoms with Crippen molar-refractivity contribution in [2.24, 2.45) is 0 Å². The molecule has 0 spiro atoms. The number of para-hydroxylation sites is 1. The number of benzene rings is 1. The van der Waals surface area contributed by atoms with Gasteiger partial charge in [0, 0.05) is 24.5 Å². The van der Waals surface area contributed by atoms with Gasteiger partial charge in [-0.15, -0.1) is 0 Å². The number of nitrogens with zero attached hydrogens (tertiary/aromatic N) is 2. The predicted molar refractivity (Wildman–Crippen MR) is 71.8 cm³/mol. The number of hydrogen-bond donors (Lipinski definition) is 1. The van der Waals surface area contributed by atoms with E-state index in [1.807, 2.05) is 31.2 Å². The molecule has 19 heavy (non-hydrogen) atoms. The van der Waals surface area contributed by atoms with Crippen molar-refractivity contribution in [3.05, 3.63) is 48.3 Å². The van der Waals surface area contributed by atoms with Crippen LogP contribution < -0.4 is 10.1 Å². The summed E-state index contributed by atoms with van der Waals surface area (Å²) in [6, 6.07) is 9.09. The minimum absolute atomic E-state index is 0.0744. The Bertz CT molecular complexity index is 537. The van der Waals surface area contributed by atoms with Crippen LogP contribution in [-0.2, 0) is 11.3 Å². The molecule has 1 atom stereocenters. The van der Waals surface area contributed by atoms with E-state index in [2.05, 4.69) is 10.4 Å². The Morgan fingerprint density at radius 3 is 2.89 bits per heavy atom. The molecule has 2 aromatic rings. The number of carbonyl (C=O) groups excluding carboxylic acids is 1. The minimum Gasteiger partial charge on any atom is -0.496 e. The first-order chi connectivity index (χ1) is 9.22. The molecule has 0 aliphatic rings. The summed E-state index contributed by atoms with van der Waals surface area (Å²) >= 11 is 0. The molecule has 2 rings (SSSR count). The van der Waals surface area contributed by atoms with E-state index in [1.165, 1.54) is 0 Å². The summed E-state index contributed by atoms with van der Waals surface area (Å²) in [5.41, 5.74) is 0.950. The zero-order valence-electron chi connectivity index (χ0n) is 11.0. The van der Waals surface area contributed by atoms with Crippen LogP contribution in [0.2, 0.25) is 0 Å². The molecular formula is C14H17N3O2. The number of aromatic nitrogens is 2. The van der Waals surface area contributed by atoms with Gasteiger partial charge in [0.25, 0.3) is 0 Å². The Hall–Kier alpha value is -2.30. The van der Waals surface area contributed by atoms with Crippen LogP contribution in [0, 0.1) is 0 Å². The second-order valence-corrected chi connectivity index (χ2v) is 4.19. The van der Waals surface area contributed by atoms with E-state index in [1.54, 1.807) is 30.3 Å². The number of carbonyl (C=O) groups is 1. The summed E-state index contributed by atoms with van der Waals surface area (Å²) in [5.74, 6) is 0.698. The van der Waals surface area contributed by atoms with Gasteiger partial charge in [-0.3, -0.25) is 9.48 Å². The van der Waals surface area contributed by atoms with Crippen LogP contribution in [0.25, 0.3) is 0 Å². The molecule has 0 aliphatic carbocycles. The third kappa shape index (κ3) is 3.13. The van der Waals surface area contributed by atoms with Crippen LogP contribution in [0.5, 0.6) is 5.75 Å². The molecule has 1 aromatic heterocycles. The van der Waals surface area contributed by atoms with Gasteiger partial charge < -0.3 is 10.1 Å². The van der Waals surface area contributed by atoms with Gasteiger partial charge in [0.2, 0.25) is 5.91 Å². The topological polar surface area (TPSA) is 56.1 Å². The van der Waals surface area contributed by atoms with Crippen molar-refractivity contribution in [2.45, 2.75) is 19.5 Å². The fraction of sp³-hybridized carbons (Fsp3) is 0.286. The SMILES string of the molecule is COc1ccccc1CNC(=O)C(C)n1cccn1. The van der Waals surface area contributed by atoms with Crippen LogP contribution in [-0.4, -0.2) is 22.8 Å². The first-order valence-corrected chi connectivity index (χ1v) is 6.11. The van der Waals surface area contributed by atoms with Crippen LogP contribution in [0.1, 0.15) is 18.5 Å². The zero-order chi connectivity index (χ0) is 13.7. The third-order valence-corrected chi connectivity index (χ3v) is 2.95. The Morgan fingerprint density at radius 2 is 2.21 bits per heavy atom. The molecule has 5 heteroatoms. The number of methoxy groups -OCH3 is 1. The molecule has 0 aliphatic heterocycles. The van der Waals surface area contributed by atoms with Gasteiger partial charge in [-0.05, 0) is 19.1 Å². The van der Waals surface area contributed by atoms with E-state index in [9.17, 15) is 4.79 Å². The lowest BCUT2D eigenvalue weighted by Gasteiger charge is -2.14. The molecule has 0 saturated heterocycles. The summed E-state index contributed by atoms with van der Waals surface area (Å²) in [6.07, 6.45) is 3.43. The molecule has 100 valence electrons. The maximum absolute atomic E-state index is 12.0. The number of rotatable bonds is 5. The second kappa shape index (κ2) is 6.04. The average molecular weight is 259 g/mol. The second-order valence-electron chi connectivity index (χ2n) is 4.19. The minimum atomic E-state index is -0.329. The van der Waals surface area contributed by atoms with Gasteiger partial charge in [0.15, 0.2) is 0 Å². The smallest absolute Gasteiger partial charge is 0.244 e. The van der Waals surface area contributed by atoms with Crippen molar-refractivity contribution in [2.75, 3.05) is 7.11 Å². The highest BCUT2D eigenvalue weighted by atomic mass is 16.5. The van der Waals surface area contributed by atoms with E-state index in [-0.39, 0.29) is 11.9 Å². The molecule has 1 amide bonds. The van der Waals surface area contributed by atoms with Gasteiger partial charge in [-0.1, -0.05) is 18.2 Å². The number of nitrogens with one attached hydrogen (secondary N) is 1. The summed E-state index contributed by atoms with van der Waals surface area (Å²) < 4.78 is 6.86. The van der Waals surface area contributed by atoms with Crippen LogP contribution in [0.3, 0.4) is 0 Å². The van der Waals surface area contributed by atoms with Crippen LogP contribution >= 0.6 is 0 Å². The molecule has 5 nitrogen and oxygen atoms in total. The number of ether oxygens (including phenoxy) is 1. The average Bonchev–Trinajstić information content (AvgIpc) is 2.98. The van der Waals surface area contributed by atoms with Gasteiger partial charge in [0.1, 0.15) is 11.8 Å². The molecule has 1 heterocycles. The van der Waals surface area contributed by atoms with Crippen LogP contribution in [0.15, 0.2) is 42.7 Å². The van der Waals surface area contributed by atoms with E-state index < -0.39 is 0 Å². The normalized spacial score (nSPS) is 11.9. The predicted octanol–water partition coefficient (Wildman–Crippen LogP) is 1.77. The first kappa shape index (κ1) is 13.1. The molecular weight excluding hydrogens is 242 g/mol. The lowest BCUT2D eigenvalue weighted by Crippen LogP contribution is -2.30.